The lowest BCUT2D eigenvalue weighted by atomic mass is 10.0. The van der Waals surface area contributed by atoms with Gasteiger partial charge in [0, 0.05) is 40.3 Å². The predicted octanol–water partition coefficient (Wildman–Crippen LogP) is 7.91. The summed E-state index contributed by atoms with van der Waals surface area (Å²) in [6.07, 6.45) is 0.847. The van der Waals surface area contributed by atoms with Crippen LogP contribution in [0.4, 0.5) is 0 Å². The van der Waals surface area contributed by atoms with Crippen LogP contribution in [-0.4, -0.2) is 21.0 Å². The molecule has 0 bridgehead atoms. The second-order valence-corrected chi connectivity index (χ2v) is 12.4. The summed E-state index contributed by atoms with van der Waals surface area (Å²) in [6.45, 7) is 4.70. The van der Waals surface area contributed by atoms with Gasteiger partial charge in [-0.05, 0) is 54.3 Å². The number of fused-ring (bicyclic) bond motifs is 3. The highest BCUT2D eigenvalue weighted by atomic mass is 35.5. The fourth-order valence-corrected chi connectivity index (χ4v) is 7.73. The Kier molecular flexibility index (Phi) is 7.34. The molecule has 0 saturated carbocycles. The Balaban J connectivity index is 1.40. The molecule has 0 atom stereocenters. The molecule has 0 radical (unpaired) electrons. The van der Waals surface area contributed by atoms with E-state index in [1.54, 1.807) is 22.0 Å². The molecule has 38 heavy (non-hydrogen) atoms. The summed E-state index contributed by atoms with van der Waals surface area (Å²) in [6, 6.07) is 24.1. The number of halogens is 2. The molecule has 3 heterocycles. The molecule has 0 N–H and O–H groups in total. The van der Waals surface area contributed by atoms with Crippen LogP contribution < -0.4 is 5.56 Å². The molecular formula is C30H25Cl2N3OS2. The van der Waals surface area contributed by atoms with E-state index in [1.165, 1.54) is 22.2 Å². The highest BCUT2D eigenvalue weighted by Gasteiger charge is 2.26. The summed E-state index contributed by atoms with van der Waals surface area (Å²) in [7, 11) is 0. The summed E-state index contributed by atoms with van der Waals surface area (Å²) in [5.41, 5.74) is 5.37. The minimum atomic E-state index is -0.00225. The lowest BCUT2D eigenvalue weighted by Gasteiger charge is -2.26. The van der Waals surface area contributed by atoms with Gasteiger partial charge in [0.15, 0.2) is 5.16 Å². The highest BCUT2D eigenvalue weighted by molar-refractivity contribution is 7.98. The van der Waals surface area contributed by atoms with E-state index in [2.05, 4.69) is 29.2 Å². The van der Waals surface area contributed by atoms with Crippen LogP contribution in [0.2, 0.25) is 10.0 Å². The van der Waals surface area contributed by atoms with Gasteiger partial charge in [-0.15, -0.1) is 11.3 Å². The maximum Gasteiger partial charge on any atom is 0.267 e. The van der Waals surface area contributed by atoms with Gasteiger partial charge < -0.3 is 0 Å². The number of aryl methyl sites for hydroxylation is 1. The van der Waals surface area contributed by atoms with Gasteiger partial charge in [-0.2, -0.15) is 0 Å². The first kappa shape index (κ1) is 25.7. The molecule has 5 aromatic rings. The maximum atomic E-state index is 14.1. The molecule has 1 aliphatic heterocycles. The van der Waals surface area contributed by atoms with Gasteiger partial charge in [-0.1, -0.05) is 89.1 Å². The van der Waals surface area contributed by atoms with Gasteiger partial charge in [-0.3, -0.25) is 14.3 Å². The molecule has 0 aliphatic carbocycles. The van der Waals surface area contributed by atoms with Crippen molar-refractivity contribution >= 4 is 56.5 Å². The molecule has 0 fully saturated rings. The number of nitrogens with zero attached hydrogens (tertiary/aromatic N) is 3. The monoisotopic (exact) mass is 577 g/mol. The van der Waals surface area contributed by atoms with E-state index in [4.69, 9.17) is 28.2 Å². The third kappa shape index (κ3) is 5.16. The zero-order chi connectivity index (χ0) is 26.2. The number of aromatic nitrogens is 2. The molecule has 8 heteroatoms. The number of hydrogen-bond acceptors (Lipinski definition) is 5. The van der Waals surface area contributed by atoms with Crippen molar-refractivity contribution in [3.05, 3.63) is 120 Å². The standard InChI is InChI=1S/C30H25Cl2N3OS2/c1-19-7-11-23(12-8-19)35-29(36)27-24-13-14-34(16-20-5-3-2-4-6-20)17-26(24)38-28(27)33-30(35)37-18-21-9-10-22(31)15-25(21)32/h2-12,15H,13-14,16-18H2,1H3. The fraction of sp³-hybridized carbons (Fsp3) is 0.200. The van der Waals surface area contributed by atoms with Crippen molar-refractivity contribution in [1.82, 2.24) is 14.5 Å². The first-order valence-electron chi connectivity index (χ1n) is 12.4. The molecule has 3 aromatic carbocycles. The van der Waals surface area contributed by atoms with Crippen molar-refractivity contribution in [2.45, 2.75) is 37.3 Å². The van der Waals surface area contributed by atoms with Gasteiger partial charge in [0.05, 0.1) is 11.1 Å². The van der Waals surface area contributed by atoms with E-state index in [0.717, 1.165) is 58.6 Å². The van der Waals surface area contributed by atoms with Crippen molar-refractivity contribution < 1.29 is 0 Å². The van der Waals surface area contributed by atoms with Crippen LogP contribution in [-0.2, 0) is 25.3 Å². The van der Waals surface area contributed by atoms with Crippen LogP contribution in [0.1, 0.15) is 27.1 Å². The second-order valence-electron chi connectivity index (χ2n) is 9.53. The smallest absolute Gasteiger partial charge is 0.267 e. The summed E-state index contributed by atoms with van der Waals surface area (Å²) in [5, 5.41) is 2.64. The highest BCUT2D eigenvalue weighted by Crippen LogP contribution is 2.36. The number of rotatable bonds is 6. The van der Waals surface area contributed by atoms with Crippen molar-refractivity contribution in [1.29, 1.82) is 0 Å². The minimum absolute atomic E-state index is 0.00225. The number of benzene rings is 3. The van der Waals surface area contributed by atoms with Crippen LogP contribution in [0.3, 0.4) is 0 Å². The Hall–Kier alpha value is -2.61. The third-order valence-corrected chi connectivity index (χ3v) is 9.52. The zero-order valence-electron chi connectivity index (χ0n) is 20.8. The van der Waals surface area contributed by atoms with Crippen LogP contribution in [0, 0.1) is 6.92 Å². The van der Waals surface area contributed by atoms with Crippen LogP contribution in [0.5, 0.6) is 0 Å². The molecule has 0 saturated heterocycles. The Morgan fingerprint density at radius 3 is 2.58 bits per heavy atom. The molecular weight excluding hydrogens is 553 g/mol. The summed E-state index contributed by atoms with van der Waals surface area (Å²) >= 11 is 15.7. The number of thiophene rings is 1. The first-order chi connectivity index (χ1) is 18.5. The van der Waals surface area contributed by atoms with Gasteiger partial charge >= 0.3 is 0 Å². The molecule has 2 aromatic heterocycles. The molecule has 0 spiro atoms. The zero-order valence-corrected chi connectivity index (χ0v) is 23.9. The molecule has 6 rings (SSSR count). The molecule has 1 aliphatic rings. The van der Waals surface area contributed by atoms with E-state index in [-0.39, 0.29) is 5.56 Å². The van der Waals surface area contributed by atoms with Crippen molar-refractivity contribution in [3.8, 4) is 5.69 Å². The van der Waals surface area contributed by atoms with Crippen molar-refractivity contribution in [2.24, 2.45) is 0 Å². The average molecular weight is 579 g/mol. The van der Waals surface area contributed by atoms with Crippen molar-refractivity contribution in [2.75, 3.05) is 6.54 Å². The molecule has 192 valence electrons. The number of thioether (sulfide) groups is 1. The predicted molar refractivity (Wildman–Crippen MR) is 160 cm³/mol. The van der Waals surface area contributed by atoms with E-state index >= 15 is 0 Å². The Labute approximate surface area is 239 Å². The van der Waals surface area contributed by atoms with Crippen LogP contribution >= 0.6 is 46.3 Å². The minimum Gasteiger partial charge on any atom is -0.294 e. The SMILES string of the molecule is Cc1ccc(-n2c(SCc3ccc(Cl)cc3Cl)nc3sc4c(c3c2=O)CCN(Cc2ccccc2)C4)cc1. The summed E-state index contributed by atoms with van der Waals surface area (Å²) in [5.74, 6) is 0.579. The normalized spacial score (nSPS) is 13.7. The third-order valence-electron chi connectivity index (χ3n) is 6.84. The summed E-state index contributed by atoms with van der Waals surface area (Å²) < 4.78 is 1.76. The summed E-state index contributed by atoms with van der Waals surface area (Å²) in [4.78, 5) is 23.7. The largest absolute Gasteiger partial charge is 0.294 e. The van der Waals surface area contributed by atoms with E-state index in [0.29, 0.717) is 21.0 Å². The first-order valence-corrected chi connectivity index (χ1v) is 15.0. The Morgan fingerprint density at radius 1 is 1.03 bits per heavy atom. The van der Waals surface area contributed by atoms with E-state index < -0.39 is 0 Å². The quantitative estimate of drug-likeness (QED) is 0.152. The number of hydrogen-bond donors (Lipinski definition) is 0. The van der Waals surface area contributed by atoms with Gasteiger partial charge in [-0.25, -0.2) is 4.98 Å². The van der Waals surface area contributed by atoms with Gasteiger partial charge in [0.25, 0.3) is 5.56 Å². The lowest BCUT2D eigenvalue weighted by Crippen LogP contribution is -2.30. The topological polar surface area (TPSA) is 38.1 Å². The Bertz CT molecular complexity index is 1680. The van der Waals surface area contributed by atoms with Gasteiger partial charge in [0.2, 0.25) is 0 Å². The van der Waals surface area contributed by atoms with E-state index in [9.17, 15) is 4.79 Å². The van der Waals surface area contributed by atoms with Crippen LogP contribution in [0.15, 0.2) is 82.7 Å². The fourth-order valence-electron chi connectivity index (χ4n) is 4.85. The molecule has 0 unspecified atom stereocenters. The molecule has 0 amide bonds. The maximum absolute atomic E-state index is 14.1. The lowest BCUT2D eigenvalue weighted by molar-refractivity contribution is 0.249. The molecule has 4 nitrogen and oxygen atoms in total. The Morgan fingerprint density at radius 2 is 1.82 bits per heavy atom. The van der Waals surface area contributed by atoms with Gasteiger partial charge in [0.1, 0.15) is 4.83 Å². The van der Waals surface area contributed by atoms with E-state index in [1.807, 2.05) is 49.4 Å². The average Bonchev–Trinajstić information content (AvgIpc) is 3.27. The van der Waals surface area contributed by atoms with Crippen molar-refractivity contribution in [3.63, 3.8) is 0 Å². The second kappa shape index (κ2) is 10.9. The van der Waals surface area contributed by atoms with Crippen LogP contribution in [0.25, 0.3) is 15.9 Å².